The number of fused-ring (bicyclic) bond motifs is 3. The lowest BCUT2D eigenvalue weighted by Crippen LogP contribution is -2.33. The molecule has 1 aromatic carbocycles. The molecule has 104 valence electrons. The molecule has 3 heteroatoms. The van der Waals surface area contributed by atoms with Gasteiger partial charge in [0.2, 0.25) is 0 Å². The standard InChI is InChI=1S/C17H19NO2/c18-10-17(9-11-1-3-14(17)7-11)16(19)13-2-4-15-12(8-13)5-6-20-15/h2,4,8,11,14,16,19H,1,3,5-7,9H2. The van der Waals surface area contributed by atoms with Gasteiger partial charge in [0.25, 0.3) is 0 Å². The Balaban J connectivity index is 1.70. The van der Waals surface area contributed by atoms with Gasteiger partial charge in [-0.2, -0.15) is 5.26 Å². The van der Waals surface area contributed by atoms with E-state index in [4.69, 9.17) is 4.74 Å². The van der Waals surface area contributed by atoms with Crippen molar-refractivity contribution in [2.45, 2.75) is 38.2 Å². The van der Waals surface area contributed by atoms with Crippen LogP contribution in [0.15, 0.2) is 18.2 Å². The fourth-order valence-corrected chi connectivity index (χ4v) is 4.58. The Hall–Kier alpha value is -1.53. The largest absolute Gasteiger partial charge is 0.493 e. The zero-order valence-corrected chi connectivity index (χ0v) is 11.5. The lowest BCUT2D eigenvalue weighted by Gasteiger charge is -2.35. The van der Waals surface area contributed by atoms with E-state index in [9.17, 15) is 10.4 Å². The Morgan fingerprint density at radius 3 is 3.00 bits per heavy atom. The smallest absolute Gasteiger partial charge is 0.122 e. The molecule has 0 spiro atoms. The van der Waals surface area contributed by atoms with Crippen LogP contribution in [0.4, 0.5) is 0 Å². The molecule has 1 aromatic rings. The van der Waals surface area contributed by atoms with Crippen LogP contribution in [0.3, 0.4) is 0 Å². The highest BCUT2D eigenvalue weighted by Crippen LogP contribution is 2.60. The number of ether oxygens (including phenoxy) is 1. The van der Waals surface area contributed by atoms with Crippen LogP contribution in [0, 0.1) is 28.6 Å². The van der Waals surface area contributed by atoms with Crippen LogP contribution in [0.2, 0.25) is 0 Å². The first-order chi connectivity index (χ1) is 9.73. The molecule has 0 aromatic heterocycles. The van der Waals surface area contributed by atoms with Crippen molar-refractivity contribution in [1.82, 2.24) is 0 Å². The van der Waals surface area contributed by atoms with Crippen molar-refractivity contribution < 1.29 is 9.84 Å². The number of nitriles is 1. The fraction of sp³-hybridized carbons (Fsp3) is 0.588. The number of nitrogens with zero attached hydrogens (tertiary/aromatic N) is 1. The second-order valence-electron chi connectivity index (χ2n) is 6.60. The maximum Gasteiger partial charge on any atom is 0.122 e. The molecule has 20 heavy (non-hydrogen) atoms. The van der Waals surface area contributed by atoms with E-state index < -0.39 is 11.5 Å². The van der Waals surface area contributed by atoms with Crippen molar-refractivity contribution in [3.63, 3.8) is 0 Å². The summed E-state index contributed by atoms with van der Waals surface area (Å²) in [6.07, 6.45) is 4.57. The molecular weight excluding hydrogens is 250 g/mol. The molecule has 2 bridgehead atoms. The molecule has 4 rings (SSSR count). The average molecular weight is 269 g/mol. The van der Waals surface area contributed by atoms with Crippen molar-refractivity contribution in [2.24, 2.45) is 17.3 Å². The zero-order chi connectivity index (χ0) is 13.7. The summed E-state index contributed by atoms with van der Waals surface area (Å²) in [5.41, 5.74) is 1.50. The van der Waals surface area contributed by atoms with E-state index in [1.807, 2.05) is 18.2 Å². The van der Waals surface area contributed by atoms with Gasteiger partial charge in [-0.25, -0.2) is 0 Å². The Bertz CT molecular complexity index is 591. The minimum atomic E-state index is -0.659. The third-order valence-electron chi connectivity index (χ3n) is 5.62. The Morgan fingerprint density at radius 1 is 1.40 bits per heavy atom. The molecule has 2 fully saturated rings. The van der Waals surface area contributed by atoms with Crippen LogP contribution in [0.25, 0.3) is 0 Å². The van der Waals surface area contributed by atoms with Gasteiger partial charge < -0.3 is 9.84 Å². The quantitative estimate of drug-likeness (QED) is 0.898. The summed E-state index contributed by atoms with van der Waals surface area (Å²) >= 11 is 0. The van der Waals surface area contributed by atoms with Gasteiger partial charge >= 0.3 is 0 Å². The number of hydrogen-bond donors (Lipinski definition) is 1. The molecule has 4 atom stereocenters. The molecule has 3 aliphatic rings. The van der Waals surface area contributed by atoms with Crippen molar-refractivity contribution >= 4 is 0 Å². The summed E-state index contributed by atoms with van der Waals surface area (Å²) < 4.78 is 5.51. The minimum absolute atomic E-state index is 0.372. The van der Waals surface area contributed by atoms with E-state index in [0.717, 1.165) is 49.2 Å². The van der Waals surface area contributed by atoms with Crippen LogP contribution >= 0.6 is 0 Å². The molecule has 3 nitrogen and oxygen atoms in total. The number of hydrogen-bond acceptors (Lipinski definition) is 3. The first-order valence-electron chi connectivity index (χ1n) is 7.58. The molecule has 2 aliphatic carbocycles. The molecule has 1 heterocycles. The highest BCUT2D eigenvalue weighted by molar-refractivity contribution is 5.41. The minimum Gasteiger partial charge on any atom is -0.493 e. The van der Waals surface area contributed by atoms with Crippen molar-refractivity contribution in [3.05, 3.63) is 29.3 Å². The molecule has 0 amide bonds. The van der Waals surface area contributed by atoms with E-state index in [1.54, 1.807) is 0 Å². The summed E-state index contributed by atoms with van der Waals surface area (Å²) in [4.78, 5) is 0. The van der Waals surface area contributed by atoms with Gasteiger partial charge in [0.1, 0.15) is 5.75 Å². The second kappa shape index (κ2) is 4.23. The number of rotatable bonds is 2. The monoisotopic (exact) mass is 269 g/mol. The third kappa shape index (κ3) is 1.55. The van der Waals surface area contributed by atoms with Crippen LogP contribution in [0.5, 0.6) is 5.75 Å². The predicted octanol–water partition coefficient (Wildman–Crippen LogP) is 2.98. The van der Waals surface area contributed by atoms with E-state index in [1.165, 1.54) is 6.42 Å². The van der Waals surface area contributed by atoms with E-state index in [0.29, 0.717) is 11.8 Å². The highest BCUT2D eigenvalue weighted by atomic mass is 16.5. The fourth-order valence-electron chi connectivity index (χ4n) is 4.58. The SMILES string of the molecule is N#CC1(C(O)c2ccc3c(c2)CCO3)CC2CCC1C2. The van der Waals surface area contributed by atoms with Gasteiger partial charge in [0.05, 0.1) is 24.2 Å². The van der Waals surface area contributed by atoms with Crippen LogP contribution in [-0.2, 0) is 6.42 Å². The summed E-state index contributed by atoms with van der Waals surface area (Å²) in [7, 11) is 0. The Morgan fingerprint density at radius 2 is 2.30 bits per heavy atom. The normalized spacial score (nSPS) is 35.4. The molecule has 1 N–H and O–H groups in total. The van der Waals surface area contributed by atoms with Crippen LogP contribution in [-0.4, -0.2) is 11.7 Å². The molecular formula is C17H19NO2. The molecule has 0 radical (unpaired) electrons. The summed E-state index contributed by atoms with van der Waals surface area (Å²) in [6.45, 7) is 0.725. The molecule has 4 unspecified atom stereocenters. The lowest BCUT2D eigenvalue weighted by atomic mass is 9.68. The highest BCUT2D eigenvalue weighted by Gasteiger charge is 2.55. The van der Waals surface area contributed by atoms with Gasteiger partial charge in [0.15, 0.2) is 0 Å². The van der Waals surface area contributed by atoms with Crippen molar-refractivity contribution in [2.75, 3.05) is 6.61 Å². The lowest BCUT2D eigenvalue weighted by molar-refractivity contribution is 0.0233. The number of aliphatic hydroxyl groups excluding tert-OH is 1. The zero-order valence-electron chi connectivity index (χ0n) is 11.5. The van der Waals surface area contributed by atoms with Crippen molar-refractivity contribution in [1.29, 1.82) is 5.26 Å². The summed E-state index contributed by atoms with van der Waals surface area (Å²) in [5, 5.41) is 20.6. The first kappa shape index (κ1) is 12.2. The van der Waals surface area contributed by atoms with Gasteiger partial charge in [-0.3, -0.25) is 0 Å². The van der Waals surface area contributed by atoms with Crippen LogP contribution < -0.4 is 4.74 Å². The molecule has 2 saturated carbocycles. The van der Waals surface area contributed by atoms with E-state index >= 15 is 0 Å². The predicted molar refractivity (Wildman–Crippen MR) is 74.1 cm³/mol. The van der Waals surface area contributed by atoms with Crippen LogP contribution in [0.1, 0.15) is 42.9 Å². The van der Waals surface area contributed by atoms with E-state index in [-0.39, 0.29) is 0 Å². The molecule has 1 aliphatic heterocycles. The average Bonchev–Trinajstić information content (AvgIpc) is 3.20. The number of benzene rings is 1. The van der Waals surface area contributed by atoms with Gasteiger partial charge in [-0.05, 0) is 54.4 Å². The maximum absolute atomic E-state index is 10.9. The first-order valence-corrected chi connectivity index (χ1v) is 7.58. The summed E-state index contributed by atoms with van der Waals surface area (Å²) in [5.74, 6) is 1.95. The van der Waals surface area contributed by atoms with Gasteiger partial charge in [-0.1, -0.05) is 12.5 Å². The maximum atomic E-state index is 10.9. The summed E-state index contributed by atoms with van der Waals surface area (Å²) in [6, 6.07) is 8.41. The Labute approximate surface area is 119 Å². The van der Waals surface area contributed by atoms with E-state index in [2.05, 4.69) is 6.07 Å². The number of aliphatic hydroxyl groups is 1. The van der Waals surface area contributed by atoms with Gasteiger partial charge in [-0.15, -0.1) is 0 Å². The second-order valence-corrected chi connectivity index (χ2v) is 6.60. The topological polar surface area (TPSA) is 53.2 Å². The third-order valence-corrected chi connectivity index (χ3v) is 5.62. The molecule has 0 saturated heterocycles. The van der Waals surface area contributed by atoms with Crippen molar-refractivity contribution in [3.8, 4) is 11.8 Å². The van der Waals surface area contributed by atoms with Gasteiger partial charge in [0, 0.05) is 6.42 Å². The Kier molecular flexibility index (Phi) is 2.59.